The molecule has 1 heterocycles. The number of nitrogens with zero attached hydrogens (tertiary/aromatic N) is 1. The molecule has 3 rings (SSSR count). The van der Waals surface area contributed by atoms with Gasteiger partial charge in [-0.05, 0) is 70.3 Å². The lowest BCUT2D eigenvalue weighted by Crippen LogP contribution is -2.44. The van der Waals surface area contributed by atoms with Crippen LogP contribution in [0.15, 0.2) is 30.3 Å². The average Bonchev–Trinajstić information content (AvgIpc) is 2.68. The van der Waals surface area contributed by atoms with E-state index in [4.69, 9.17) is 0 Å². The fourth-order valence-corrected chi connectivity index (χ4v) is 4.57. The highest BCUT2D eigenvalue weighted by Crippen LogP contribution is 2.32. The highest BCUT2D eigenvalue weighted by molar-refractivity contribution is 5.81. The van der Waals surface area contributed by atoms with Crippen molar-refractivity contribution in [3.05, 3.63) is 35.9 Å². The van der Waals surface area contributed by atoms with Crippen molar-refractivity contribution >= 4 is 11.8 Å². The number of likely N-dealkylation sites (tertiary alicyclic amines) is 1. The topological polar surface area (TPSA) is 49.4 Å². The van der Waals surface area contributed by atoms with Crippen LogP contribution < -0.4 is 5.32 Å². The molecule has 148 valence electrons. The first-order chi connectivity index (χ1) is 13.0. The summed E-state index contributed by atoms with van der Waals surface area (Å²) in [6.45, 7) is 5.77. The van der Waals surface area contributed by atoms with Gasteiger partial charge in [-0.15, -0.1) is 0 Å². The van der Waals surface area contributed by atoms with Gasteiger partial charge in [0.25, 0.3) is 0 Å². The third-order valence-corrected chi connectivity index (χ3v) is 6.17. The van der Waals surface area contributed by atoms with Crippen molar-refractivity contribution in [3.8, 4) is 0 Å². The van der Waals surface area contributed by atoms with Gasteiger partial charge >= 0.3 is 0 Å². The predicted molar refractivity (Wildman–Crippen MR) is 108 cm³/mol. The lowest BCUT2D eigenvalue weighted by molar-refractivity contribution is -0.139. The minimum atomic E-state index is 0.0908. The van der Waals surface area contributed by atoms with Gasteiger partial charge in [0.1, 0.15) is 0 Å². The Labute approximate surface area is 163 Å². The summed E-state index contributed by atoms with van der Waals surface area (Å²) in [6, 6.07) is 10.9. The maximum Gasteiger partial charge on any atom is 0.225 e. The van der Waals surface area contributed by atoms with E-state index in [9.17, 15) is 9.59 Å². The number of rotatable bonds is 5. The van der Waals surface area contributed by atoms with Crippen LogP contribution in [0.2, 0.25) is 0 Å². The van der Waals surface area contributed by atoms with Crippen molar-refractivity contribution in [2.45, 2.75) is 64.8 Å². The molecule has 0 bridgehead atoms. The molecular formula is C23H34N2O2. The molecule has 2 fully saturated rings. The Hall–Kier alpha value is -1.84. The normalized spacial score (nSPS) is 24.0. The second-order valence-corrected chi connectivity index (χ2v) is 8.67. The Bertz CT molecular complexity index is 613. The molecule has 2 aliphatic rings. The summed E-state index contributed by atoms with van der Waals surface area (Å²) in [5, 5.41) is 3.01. The molecule has 1 aromatic carbocycles. The van der Waals surface area contributed by atoms with Gasteiger partial charge in [0.2, 0.25) is 11.8 Å². The van der Waals surface area contributed by atoms with Crippen LogP contribution in [-0.2, 0) is 16.0 Å². The number of benzene rings is 1. The molecule has 1 aliphatic carbocycles. The third-order valence-electron chi connectivity index (χ3n) is 6.17. The van der Waals surface area contributed by atoms with Crippen molar-refractivity contribution in [2.75, 3.05) is 13.1 Å². The fourth-order valence-electron chi connectivity index (χ4n) is 4.57. The van der Waals surface area contributed by atoms with Gasteiger partial charge in [-0.25, -0.2) is 0 Å². The lowest BCUT2D eigenvalue weighted by Gasteiger charge is -2.36. The number of hydrogen-bond donors (Lipinski definition) is 1. The van der Waals surface area contributed by atoms with Crippen LogP contribution in [0.5, 0.6) is 0 Å². The summed E-state index contributed by atoms with van der Waals surface area (Å²) in [5.41, 5.74) is 1.40. The van der Waals surface area contributed by atoms with Crippen LogP contribution in [0.25, 0.3) is 0 Å². The smallest absolute Gasteiger partial charge is 0.225 e. The molecule has 1 saturated carbocycles. The molecule has 0 radical (unpaired) electrons. The van der Waals surface area contributed by atoms with Gasteiger partial charge in [0.15, 0.2) is 0 Å². The van der Waals surface area contributed by atoms with Crippen molar-refractivity contribution < 1.29 is 9.59 Å². The van der Waals surface area contributed by atoms with Gasteiger partial charge in [-0.1, -0.05) is 30.3 Å². The lowest BCUT2D eigenvalue weighted by atomic mass is 9.80. The number of piperidine rings is 1. The Morgan fingerprint density at radius 3 is 2.15 bits per heavy atom. The molecule has 0 spiro atoms. The van der Waals surface area contributed by atoms with Gasteiger partial charge in [0.05, 0.1) is 0 Å². The van der Waals surface area contributed by atoms with E-state index in [-0.39, 0.29) is 23.8 Å². The first kappa shape index (κ1) is 19.9. The summed E-state index contributed by atoms with van der Waals surface area (Å²) < 4.78 is 0. The minimum absolute atomic E-state index is 0.0908. The molecule has 27 heavy (non-hydrogen) atoms. The van der Waals surface area contributed by atoms with Crippen LogP contribution in [-0.4, -0.2) is 35.8 Å². The molecule has 4 heteroatoms. The van der Waals surface area contributed by atoms with Crippen LogP contribution >= 0.6 is 0 Å². The number of hydrogen-bond acceptors (Lipinski definition) is 2. The first-order valence-corrected chi connectivity index (χ1v) is 10.7. The van der Waals surface area contributed by atoms with Crippen LogP contribution in [0.4, 0.5) is 0 Å². The largest absolute Gasteiger partial charge is 0.354 e. The van der Waals surface area contributed by atoms with Crippen LogP contribution in [0.3, 0.4) is 0 Å². The maximum absolute atomic E-state index is 12.9. The van der Waals surface area contributed by atoms with E-state index in [0.29, 0.717) is 11.8 Å². The average molecular weight is 371 g/mol. The maximum atomic E-state index is 12.9. The predicted octanol–water partition coefficient (Wildman–Crippen LogP) is 3.80. The van der Waals surface area contributed by atoms with Crippen molar-refractivity contribution in [1.29, 1.82) is 0 Å². The van der Waals surface area contributed by atoms with E-state index in [1.165, 1.54) is 5.56 Å². The van der Waals surface area contributed by atoms with E-state index >= 15 is 0 Å². The number of carbonyl (C=O) groups excluding carboxylic acids is 2. The van der Waals surface area contributed by atoms with Gasteiger partial charge in [-0.3, -0.25) is 9.59 Å². The highest BCUT2D eigenvalue weighted by Gasteiger charge is 2.33. The Kier molecular flexibility index (Phi) is 6.92. The fraction of sp³-hybridized carbons (Fsp3) is 0.652. The monoisotopic (exact) mass is 370 g/mol. The Balaban J connectivity index is 1.41. The molecule has 1 aromatic rings. The zero-order valence-electron chi connectivity index (χ0n) is 16.8. The quantitative estimate of drug-likeness (QED) is 0.857. The van der Waals surface area contributed by atoms with Crippen LogP contribution in [0, 0.1) is 17.8 Å². The molecule has 4 nitrogen and oxygen atoms in total. The van der Waals surface area contributed by atoms with Crippen molar-refractivity contribution in [1.82, 2.24) is 10.2 Å². The van der Waals surface area contributed by atoms with Gasteiger partial charge < -0.3 is 10.2 Å². The zero-order chi connectivity index (χ0) is 19.2. The summed E-state index contributed by atoms with van der Waals surface area (Å²) >= 11 is 0. The minimum Gasteiger partial charge on any atom is -0.354 e. The van der Waals surface area contributed by atoms with Crippen molar-refractivity contribution in [3.63, 3.8) is 0 Å². The third kappa shape index (κ3) is 5.57. The molecule has 1 N–H and O–H groups in total. The zero-order valence-corrected chi connectivity index (χ0v) is 16.8. The molecule has 0 unspecified atom stereocenters. The molecule has 1 saturated heterocycles. The Morgan fingerprint density at radius 2 is 1.56 bits per heavy atom. The number of nitrogens with one attached hydrogen (secondary N) is 1. The SMILES string of the molecule is CC(C)NC(=O)C1CCC(C(=O)N2CCC(Cc3ccccc3)CC2)CC1. The molecule has 0 atom stereocenters. The van der Waals surface area contributed by atoms with Crippen molar-refractivity contribution in [2.24, 2.45) is 17.8 Å². The van der Waals surface area contributed by atoms with E-state index in [2.05, 4.69) is 40.5 Å². The van der Waals surface area contributed by atoms with E-state index in [0.717, 1.165) is 58.0 Å². The summed E-state index contributed by atoms with van der Waals surface area (Å²) in [7, 11) is 0. The standard InChI is InChI=1S/C23H34N2O2/c1-17(2)24-22(26)20-8-10-21(11-9-20)23(27)25-14-12-19(13-15-25)16-18-6-4-3-5-7-18/h3-7,17,19-21H,8-16H2,1-2H3,(H,24,26). The first-order valence-electron chi connectivity index (χ1n) is 10.7. The molecule has 2 amide bonds. The van der Waals surface area contributed by atoms with Gasteiger partial charge in [0, 0.05) is 31.0 Å². The second kappa shape index (κ2) is 9.38. The molecule has 0 aromatic heterocycles. The molecular weight excluding hydrogens is 336 g/mol. The number of amides is 2. The summed E-state index contributed by atoms with van der Waals surface area (Å²) in [4.78, 5) is 27.1. The number of carbonyl (C=O) groups is 2. The summed E-state index contributed by atoms with van der Waals surface area (Å²) in [5.74, 6) is 1.40. The van der Waals surface area contributed by atoms with E-state index in [1.54, 1.807) is 0 Å². The second-order valence-electron chi connectivity index (χ2n) is 8.67. The highest BCUT2D eigenvalue weighted by atomic mass is 16.2. The van der Waals surface area contributed by atoms with E-state index in [1.807, 2.05) is 13.8 Å². The summed E-state index contributed by atoms with van der Waals surface area (Å²) in [6.07, 6.45) is 6.75. The molecule has 1 aliphatic heterocycles. The van der Waals surface area contributed by atoms with Gasteiger partial charge in [-0.2, -0.15) is 0 Å². The van der Waals surface area contributed by atoms with Crippen LogP contribution in [0.1, 0.15) is 57.9 Å². The Morgan fingerprint density at radius 1 is 0.963 bits per heavy atom. The van der Waals surface area contributed by atoms with E-state index < -0.39 is 0 Å².